The van der Waals surface area contributed by atoms with Gasteiger partial charge >= 0.3 is 6.80 Å². The second-order valence-electron chi connectivity index (χ2n) is 5.35. The molecule has 0 radical (unpaired) electrons. The van der Waals surface area contributed by atoms with E-state index >= 15 is 0 Å². The average Bonchev–Trinajstić information content (AvgIpc) is 2.72. The maximum atomic E-state index is 13.2. The van der Waals surface area contributed by atoms with E-state index in [1.165, 1.54) is 0 Å². The van der Waals surface area contributed by atoms with Gasteiger partial charge in [-0.15, -0.1) is 0 Å². The molecule has 0 spiro atoms. The quantitative estimate of drug-likeness (QED) is 0.495. The molecule has 8 heteroatoms. The molecule has 0 atom stereocenters. The predicted octanol–water partition coefficient (Wildman–Crippen LogP) is 4.65. The Bertz CT molecular complexity index is 725. The van der Waals surface area contributed by atoms with Gasteiger partial charge in [0, 0.05) is 42.9 Å². The van der Waals surface area contributed by atoms with Crippen LogP contribution in [0.25, 0.3) is 0 Å². The molecular weight excluding hydrogens is 369 g/mol. The van der Waals surface area contributed by atoms with E-state index in [2.05, 4.69) is 15.0 Å². The lowest BCUT2D eigenvalue weighted by atomic mass is 10.3. The first-order chi connectivity index (χ1) is 12.7. The number of nitrogens with zero attached hydrogens (tertiary/aromatic N) is 3. The molecule has 0 aromatic carbocycles. The number of hydrogen-bond donors (Lipinski definition) is 0. The highest BCUT2D eigenvalue weighted by atomic mass is 32.7. The van der Waals surface area contributed by atoms with Crippen LogP contribution in [-0.4, -0.2) is 15.0 Å². The van der Waals surface area contributed by atoms with E-state index in [-0.39, 0.29) is 13.2 Å². The topological polar surface area (TPSA) is 74.2 Å². The summed E-state index contributed by atoms with van der Waals surface area (Å²) in [7, 11) is 0. The Labute approximate surface area is 156 Å². The van der Waals surface area contributed by atoms with E-state index in [1.807, 2.05) is 36.4 Å². The first-order valence-corrected chi connectivity index (χ1v) is 11.1. The molecule has 0 bridgehead atoms. The predicted molar refractivity (Wildman–Crippen MR) is 101 cm³/mol. The van der Waals surface area contributed by atoms with Gasteiger partial charge in [0.1, 0.15) is 0 Å². The van der Waals surface area contributed by atoms with Crippen molar-refractivity contribution in [2.24, 2.45) is 0 Å². The minimum Gasteiger partial charge on any atom is -0.296 e. The van der Waals surface area contributed by atoms with Gasteiger partial charge in [-0.25, -0.2) is 4.57 Å². The minimum absolute atomic E-state index is 0.165. The Balaban J connectivity index is 1.65. The fourth-order valence-electron chi connectivity index (χ4n) is 2.02. The first kappa shape index (κ1) is 18.7. The zero-order chi connectivity index (χ0) is 18.1. The third-order valence-electron chi connectivity index (χ3n) is 3.34. The Hall–Kier alpha value is -2.05. The van der Waals surface area contributed by atoms with Gasteiger partial charge in [0.05, 0.1) is 13.2 Å². The van der Waals surface area contributed by atoms with Crippen LogP contribution in [0, 0.1) is 0 Å². The van der Waals surface area contributed by atoms with Gasteiger partial charge in [-0.3, -0.25) is 24.0 Å². The van der Waals surface area contributed by atoms with Crippen molar-refractivity contribution in [2.45, 2.75) is 19.0 Å². The van der Waals surface area contributed by atoms with E-state index in [4.69, 9.17) is 9.05 Å². The number of aromatic nitrogens is 3. The molecule has 0 saturated carbocycles. The molecule has 0 saturated heterocycles. The molecule has 0 aliphatic heterocycles. The summed E-state index contributed by atoms with van der Waals surface area (Å²) in [6.45, 7) is -3.05. The smallest absolute Gasteiger partial charge is 0.296 e. The Kier molecular flexibility index (Phi) is 6.91. The SMILES string of the molecule is O=P(OCc1cccnc1)(OCc1cccnc1)SCc1cccnc1. The van der Waals surface area contributed by atoms with Crippen molar-refractivity contribution in [3.05, 3.63) is 90.3 Å². The summed E-state index contributed by atoms with van der Waals surface area (Å²) in [5.41, 5.74) is 2.62. The standard InChI is InChI=1S/C18H18N3O3PS/c22-25(23-13-16-4-1-7-19-10-16,24-14-17-5-2-8-20-11-17)26-15-18-6-3-9-21-12-18/h1-12H,13-15H2. The monoisotopic (exact) mass is 387 g/mol. The molecule has 3 aromatic heterocycles. The van der Waals surface area contributed by atoms with Gasteiger partial charge < -0.3 is 0 Å². The van der Waals surface area contributed by atoms with Crippen molar-refractivity contribution >= 4 is 18.2 Å². The highest BCUT2D eigenvalue weighted by Gasteiger charge is 2.26. The van der Waals surface area contributed by atoms with Crippen LogP contribution in [0.3, 0.4) is 0 Å². The van der Waals surface area contributed by atoms with Crippen LogP contribution in [0.4, 0.5) is 0 Å². The van der Waals surface area contributed by atoms with Crippen molar-refractivity contribution in [3.8, 4) is 0 Å². The van der Waals surface area contributed by atoms with Crippen LogP contribution in [0.1, 0.15) is 16.7 Å². The zero-order valence-electron chi connectivity index (χ0n) is 14.0. The van der Waals surface area contributed by atoms with Crippen LogP contribution >= 0.6 is 18.2 Å². The number of pyridine rings is 3. The molecule has 0 unspecified atom stereocenters. The molecule has 26 heavy (non-hydrogen) atoms. The third kappa shape index (κ3) is 6.04. The summed E-state index contributed by atoms with van der Waals surface area (Å²) in [5, 5.41) is 0. The Morgan fingerprint density at radius 1 is 0.769 bits per heavy atom. The van der Waals surface area contributed by atoms with Crippen LogP contribution < -0.4 is 0 Å². The summed E-state index contributed by atoms with van der Waals surface area (Å²) < 4.78 is 24.5. The van der Waals surface area contributed by atoms with E-state index in [9.17, 15) is 4.57 Å². The maximum Gasteiger partial charge on any atom is 0.390 e. The second-order valence-corrected chi connectivity index (χ2v) is 9.43. The summed E-state index contributed by atoms with van der Waals surface area (Å²) >= 11 is 1.15. The normalized spacial score (nSPS) is 11.4. The molecule has 3 aromatic rings. The summed E-state index contributed by atoms with van der Waals surface area (Å²) in [5.74, 6) is 0.477. The first-order valence-electron chi connectivity index (χ1n) is 7.94. The summed E-state index contributed by atoms with van der Waals surface area (Å²) in [6, 6.07) is 11.1. The van der Waals surface area contributed by atoms with E-state index in [0.29, 0.717) is 5.75 Å². The molecule has 0 amide bonds. The van der Waals surface area contributed by atoms with Crippen LogP contribution in [-0.2, 0) is 32.6 Å². The van der Waals surface area contributed by atoms with Crippen molar-refractivity contribution in [1.29, 1.82) is 0 Å². The lowest BCUT2D eigenvalue weighted by Gasteiger charge is -2.18. The van der Waals surface area contributed by atoms with Crippen molar-refractivity contribution in [2.75, 3.05) is 0 Å². The molecule has 3 rings (SSSR count). The highest BCUT2D eigenvalue weighted by molar-refractivity contribution is 8.54. The summed E-state index contributed by atoms with van der Waals surface area (Å²) in [6.07, 6.45) is 10.2. The van der Waals surface area contributed by atoms with Crippen LogP contribution in [0.15, 0.2) is 73.6 Å². The lowest BCUT2D eigenvalue weighted by Crippen LogP contribution is -1.97. The molecule has 0 fully saturated rings. The fourth-order valence-corrected chi connectivity index (χ4v) is 5.02. The number of rotatable bonds is 9. The highest BCUT2D eigenvalue weighted by Crippen LogP contribution is 2.62. The Morgan fingerprint density at radius 2 is 1.23 bits per heavy atom. The number of hydrogen-bond acceptors (Lipinski definition) is 7. The van der Waals surface area contributed by atoms with Crippen LogP contribution in [0.2, 0.25) is 0 Å². The van der Waals surface area contributed by atoms with Gasteiger partial charge in [-0.2, -0.15) is 0 Å². The zero-order valence-corrected chi connectivity index (χ0v) is 15.7. The summed E-state index contributed by atoms with van der Waals surface area (Å²) in [4.78, 5) is 12.1. The molecule has 0 aliphatic rings. The molecule has 0 N–H and O–H groups in total. The molecule has 0 aliphatic carbocycles. The molecular formula is C18H18N3O3PS. The average molecular weight is 387 g/mol. The van der Waals surface area contributed by atoms with Gasteiger partial charge in [-0.1, -0.05) is 18.2 Å². The third-order valence-corrected chi connectivity index (χ3v) is 6.97. The van der Waals surface area contributed by atoms with Crippen LogP contribution in [0.5, 0.6) is 0 Å². The van der Waals surface area contributed by atoms with E-state index in [1.54, 1.807) is 37.2 Å². The largest absolute Gasteiger partial charge is 0.390 e. The molecule has 134 valence electrons. The minimum atomic E-state index is -3.38. The second kappa shape index (κ2) is 9.59. The lowest BCUT2D eigenvalue weighted by molar-refractivity contribution is 0.206. The van der Waals surface area contributed by atoms with Gasteiger partial charge in [0.2, 0.25) is 0 Å². The maximum absolute atomic E-state index is 13.2. The molecule has 3 heterocycles. The van der Waals surface area contributed by atoms with Crippen molar-refractivity contribution in [3.63, 3.8) is 0 Å². The fraction of sp³-hybridized carbons (Fsp3) is 0.167. The Morgan fingerprint density at radius 3 is 1.65 bits per heavy atom. The molecule has 6 nitrogen and oxygen atoms in total. The van der Waals surface area contributed by atoms with E-state index < -0.39 is 6.80 Å². The van der Waals surface area contributed by atoms with Gasteiger partial charge in [-0.05, 0) is 46.3 Å². The van der Waals surface area contributed by atoms with Crippen molar-refractivity contribution in [1.82, 2.24) is 15.0 Å². The van der Waals surface area contributed by atoms with Gasteiger partial charge in [0.15, 0.2) is 0 Å². The van der Waals surface area contributed by atoms with Gasteiger partial charge in [0.25, 0.3) is 0 Å². The van der Waals surface area contributed by atoms with E-state index in [0.717, 1.165) is 28.1 Å². The van der Waals surface area contributed by atoms with Crippen molar-refractivity contribution < 1.29 is 13.6 Å².